The first-order valence-corrected chi connectivity index (χ1v) is 27.9. The van der Waals surface area contributed by atoms with Gasteiger partial charge in [0.2, 0.25) is 5.95 Å². The van der Waals surface area contributed by atoms with Crippen LogP contribution in [0.15, 0.2) is 274 Å². The number of aromatic nitrogens is 5. The Bertz CT molecular complexity index is 5700. The van der Waals surface area contributed by atoms with Crippen molar-refractivity contribution in [1.82, 2.24) is 24.1 Å². The quantitative estimate of drug-likeness (QED) is 0.158. The molecule has 0 atom stereocenters. The lowest BCUT2D eigenvalue weighted by Gasteiger charge is -2.12. The molecule has 386 valence electrons. The summed E-state index contributed by atoms with van der Waals surface area (Å²) in [6.07, 6.45) is 0. The van der Waals surface area contributed by atoms with E-state index in [0.29, 0.717) is 17.6 Å². The van der Waals surface area contributed by atoms with Gasteiger partial charge in [-0.2, -0.15) is 9.97 Å². The van der Waals surface area contributed by atoms with Gasteiger partial charge in [-0.15, -0.1) is 0 Å². The van der Waals surface area contributed by atoms with Crippen LogP contribution in [-0.4, -0.2) is 24.1 Å². The molecule has 0 saturated heterocycles. The van der Waals surface area contributed by atoms with E-state index in [9.17, 15) is 0 Å². The van der Waals surface area contributed by atoms with Crippen LogP contribution in [0.25, 0.3) is 177 Å². The number of nitrogens with zero attached hydrogens (tertiary/aromatic N) is 5. The first kappa shape index (κ1) is 45.5. The summed E-state index contributed by atoms with van der Waals surface area (Å²) in [5.41, 5.74) is 18.5. The number of benzene rings is 12. The van der Waals surface area contributed by atoms with E-state index in [1.807, 2.05) is 48.5 Å². The molecule has 0 bridgehead atoms. The zero-order chi connectivity index (χ0) is 54.3. The van der Waals surface area contributed by atoms with E-state index in [4.69, 9.17) is 28.2 Å². The smallest absolute Gasteiger partial charge is 0.238 e. The van der Waals surface area contributed by atoms with E-state index in [1.165, 1.54) is 10.8 Å². The molecule has 12 aromatic carbocycles. The maximum absolute atomic E-state index is 6.72. The molecule has 0 saturated carbocycles. The summed E-state index contributed by atoms with van der Waals surface area (Å²) in [5, 5.41) is 10.8. The molecule has 83 heavy (non-hydrogen) atoms. The van der Waals surface area contributed by atoms with E-state index in [1.54, 1.807) is 0 Å². The molecule has 0 radical (unpaired) electrons. The maximum atomic E-state index is 6.72. The molecule has 0 amide bonds. The van der Waals surface area contributed by atoms with Crippen molar-refractivity contribution < 1.29 is 13.3 Å². The van der Waals surface area contributed by atoms with Crippen LogP contribution in [0.5, 0.6) is 0 Å². The van der Waals surface area contributed by atoms with Gasteiger partial charge in [-0.25, -0.2) is 4.98 Å². The molecule has 0 N–H and O–H groups in total. The predicted octanol–water partition coefficient (Wildman–Crippen LogP) is 20.1. The van der Waals surface area contributed by atoms with E-state index in [0.717, 1.165) is 149 Å². The van der Waals surface area contributed by atoms with Gasteiger partial charge in [0.25, 0.3) is 0 Å². The predicted molar refractivity (Wildman–Crippen MR) is 338 cm³/mol. The van der Waals surface area contributed by atoms with Crippen LogP contribution in [-0.2, 0) is 0 Å². The van der Waals surface area contributed by atoms with Crippen LogP contribution < -0.4 is 0 Å². The summed E-state index contributed by atoms with van der Waals surface area (Å²) in [5.74, 6) is 1.55. The highest BCUT2D eigenvalue weighted by molar-refractivity contribution is 6.15. The van der Waals surface area contributed by atoms with Crippen LogP contribution >= 0.6 is 0 Å². The van der Waals surface area contributed by atoms with E-state index in [-0.39, 0.29) is 0 Å². The Morgan fingerprint density at radius 3 is 1.53 bits per heavy atom. The lowest BCUT2D eigenvalue weighted by Crippen LogP contribution is -2.06. The normalized spacial score (nSPS) is 12.1. The monoisotopic (exact) mass is 1060 g/mol. The molecule has 0 aliphatic rings. The first-order valence-electron chi connectivity index (χ1n) is 27.9. The standard InChI is InChI=1S/C75H43N5O3/c1-2-14-44(15-3-1)46-31-38-65-60(40-46)53-17-5-9-24-63(53)80(65)75-77-73(49-30-36-56-54-18-6-10-25-66(54)82-70(56)43-49)76-74(78-75)58-22-13-27-69-71(58)61-42-48(33-39-68(61)81-69)47-32-37-64-59(41-47)52-16-4-8-23-62(52)79(64)50-34-28-45(29-35-50)51-20-12-21-57-55-19-7-11-26-67(55)83-72(51)57/h1-43H. The molecule has 0 spiro atoms. The van der Waals surface area contributed by atoms with Gasteiger partial charge >= 0.3 is 0 Å². The molecular weight excluding hydrogens is 1020 g/mol. The van der Waals surface area contributed by atoms with E-state index in [2.05, 4.69) is 221 Å². The van der Waals surface area contributed by atoms with Crippen molar-refractivity contribution in [1.29, 1.82) is 0 Å². The molecule has 0 aliphatic heterocycles. The zero-order valence-corrected chi connectivity index (χ0v) is 44.3. The van der Waals surface area contributed by atoms with Crippen LogP contribution in [0.4, 0.5) is 0 Å². The average Bonchev–Trinajstić information content (AvgIpc) is 2.68. The number of para-hydroxylation sites is 5. The van der Waals surface area contributed by atoms with Gasteiger partial charge in [-0.05, 0) is 119 Å². The summed E-state index contributed by atoms with van der Waals surface area (Å²) in [7, 11) is 0. The van der Waals surface area contributed by atoms with Crippen molar-refractivity contribution in [3.8, 4) is 67.8 Å². The lowest BCUT2D eigenvalue weighted by molar-refractivity contribution is 0.668. The Hall–Kier alpha value is -11.4. The molecular formula is C75H43N5O3. The second-order valence-corrected chi connectivity index (χ2v) is 21.4. The SMILES string of the molecule is c1ccc(-c2ccc3c(c2)c2ccccc2n3-c2nc(-c3ccc4c(c3)oc3ccccc34)nc(-c3cccc4oc5ccc(-c6ccc7c(c6)c6ccccc6n7-c6ccc(-c7cccc8c7oc7ccccc78)cc6)cc5c34)n2)cc1. The van der Waals surface area contributed by atoms with Crippen molar-refractivity contribution in [2.24, 2.45) is 0 Å². The molecule has 8 nitrogen and oxygen atoms in total. The number of furan rings is 3. The highest BCUT2D eigenvalue weighted by Gasteiger charge is 2.23. The van der Waals surface area contributed by atoms with Crippen LogP contribution in [0.1, 0.15) is 0 Å². The molecule has 6 aromatic heterocycles. The van der Waals surface area contributed by atoms with Gasteiger partial charge in [0.1, 0.15) is 33.5 Å². The van der Waals surface area contributed by atoms with Crippen molar-refractivity contribution in [3.63, 3.8) is 0 Å². The number of hydrogen-bond donors (Lipinski definition) is 0. The van der Waals surface area contributed by atoms with Crippen LogP contribution in [0, 0.1) is 0 Å². The molecule has 0 fully saturated rings. The summed E-state index contributed by atoms with van der Waals surface area (Å²) < 4.78 is 24.1. The fraction of sp³-hybridized carbons (Fsp3) is 0. The van der Waals surface area contributed by atoms with Gasteiger partial charge < -0.3 is 17.8 Å². The van der Waals surface area contributed by atoms with Gasteiger partial charge in [-0.1, -0.05) is 170 Å². The van der Waals surface area contributed by atoms with Gasteiger partial charge in [0, 0.05) is 76.2 Å². The van der Waals surface area contributed by atoms with Gasteiger partial charge in [-0.3, -0.25) is 4.57 Å². The molecule has 8 heteroatoms. The molecule has 6 heterocycles. The molecule has 18 aromatic rings. The minimum absolute atomic E-state index is 0.502. The fourth-order valence-corrected chi connectivity index (χ4v) is 13.0. The molecule has 18 rings (SSSR count). The summed E-state index contributed by atoms with van der Waals surface area (Å²) in [4.78, 5) is 16.2. The Balaban J connectivity index is 0.782. The fourth-order valence-electron chi connectivity index (χ4n) is 13.0. The third-order valence-electron chi connectivity index (χ3n) is 16.8. The Morgan fingerprint density at radius 1 is 0.253 bits per heavy atom. The van der Waals surface area contributed by atoms with E-state index < -0.39 is 0 Å². The molecule has 0 unspecified atom stereocenters. The minimum atomic E-state index is 0.502. The highest BCUT2D eigenvalue weighted by Crippen LogP contribution is 2.43. The molecule has 0 aliphatic carbocycles. The average molecular weight is 1060 g/mol. The van der Waals surface area contributed by atoms with Crippen molar-refractivity contribution >= 4 is 109 Å². The van der Waals surface area contributed by atoms with Crippen LogP contribution in [0.3, 0.4) is 0 Å². The second-order valence-electron chi connectivity index (χ2n) is 21.4. The summed E-state index contributed by atoms with van der Waals surface area (Å²) in [6.45, 7) is 0. The summed E-state index contributed by atoms with van der Waals surface area (Å²) in [6, 6.07) is 91.6. The third kappa shape index (κ3) is 6.96. The van der Waals surface area contributed by atoms with Gasteiger partial charge in [0.05, 0.1) is 22.1 Å². The number of rotatable bonds is 7. The van der Waals surface area contributed by atoms with Gasteiger partial charge in [0.15, 0.2) is 11.6 Å². The van der Waals surface area contributed by atoms with Crippen molar-refractivity contribution in [3.05, 3.63) is 261 Å². The number of hydrogen-bond acceptors (Lipinski definition) is 6. The Morgan fingerprint density at radius 2 is 0.759 bits per heavy atom. The Kier molecular flexibility index (Phi) is 9.64. The number of fused-ring (bicyclic) bond motifs is 15. The first-order chi connectivity index (χ1) is 41.1. The zero-order valence-electron chi connectivity index (χ0n) is 44.3. The highest BCUT2D eigenvalue weighted by atomic mass is 16.3. The summed E-state index contributed by atoms with van der Waals surface area (Å²) >= 11 is 0. The topological polar surface area (TPSA) is 88.0 Å². The minimum Gasteiger partial charge on any atom is -0.456 e. The maximum Gasteiger partial charge on any atom is 0.238 e. The van der Waals surface area contributed by atoms with Crippen LogP contribution in [0.2, 0.25) is 0 Å². The van der Waals surface area contributed by atoms with E-state index >= 15 is 0 Å². The third-order valence-corrected chi connectivity index (χ3v) is 16.8. The lowest BCUT2D eigenvalue weighted by atomic mass is 9.99. The van der Waals surface area contributed by atoms with Crippen molar-refractivity contribution in [2.45, 2.75) is 0 Å². The van der Waals surface area contributed by atoms with Crippen molar-refractivity contribution in [2.75, 3.05) is 0 Å². The largest absolute Gasteiger partial charge is 0.456 e. The second kappa shape index (κ2) is 17.6. The Labute approximate surface area is 473 Å².